The summed E-state index contributed by atoms with van der Waals surface area (Å²) in [5, 5.41) is 20.2. The number of hydrogen-bond acceptors (Lipinski definition) is 6. The van der Waals surface area contributed by atoms with E-state index >= 15 is 0 Å². The molecule has 0 aliphatic carbocycles. The maximum Gasteiger partial charge on any atom is 0.335 e. The molecule has 0 amide bonds. The van der Waals surface area contributed by atoms with Gasteiger partial charge in [0.15, 0.2) is 5.16 Å². The number of rotatable bonds is 4. The van der Waals surface area contributed by atoms with E-state index in [4.69, 9.17) is 5.11 Å². The lowest BCUT2D eigenvalue weighted by Crippen LogP contribution is -1.99. The van der Waals surface area contributed by atoms with E-state index in [-0.39, 0.29) is 11.3 Å². The summed E-state index contributed by atoms with van der Waals surface area (Å²) in [4.78, 5) is 29.7. The van der Waals surface area contributed by atoms with Crippen molar-refractivity contribution in [3.05, 3.63) is 51.8 Å². The zero-order chi connectivity index (χ0) is 14.7. The van der Waals surface area contributed by atoms with Gasteiger partial charge in [-0.25, -0.2) is 14.8 Å². The van der Waals surface area contributed by atoms with E-state index in [1.165, 1.54) is 12.1 Å². The molecule has 102 valence electrons. The lowest BCUT2D eigenvalue weighted by atomic mass is 10.2. The first-order valence-electron chi connectivity index (χ1n) is 5.46. The predicted molar refractivity (Wildman–Crippen MR) is 70.9 cm³/mol. The zero-order valence-electron chi connectivity index (χ0n) is 10.3. The fourth-order valence-corrected chi connectivity index (χ4v) is 2.33. The SMILES string of the molecule is Cc1ccnc(Sc2ccc(C(=O)O)cc2[N+](=O)[O-])n1. The summed E-state index contributed by atoms with van der Waals surface area (Å²) in [6.07, 6.45) is 1.56. The van der Waals surface area contributed by atoms with Crippen LogP contribution in [0, 0.1) is 17.0 Å². The van der Waals surface area contributed by atoms with Crippen molar-refractivity contribution in [3.8, 4) is 0 Å². The van der Waals surface area contributed by atoms with E-state index < -0.39 is 10.9 Å². The Bertz CT molecular complexity index is 690. The largest absolute Gasteiger partial charge is 0.478 e. The summed E-state index contributed by atoms with van der Waals surface area (Å²) in [6, 6.07) is 5.44. The van der Waals surface area contributed by atoms with Crippen LogP contribution < -0.4 is 0 Å². The molecule has 1 heterocycles. The smallest absolute Gasteiger partial charge is 0.335 e. The molecule has 0 bridgehead atoms. The van der Waals surface area contributed by atoms with Crippen molar-refractivity contribution in [2.75, 3.05) is 0 Å². The lowest BCUT2D eigenvalue weighted by Gasteiger charge is -2.03. The molecule has 1 aromatic carbocycles. The van der Waals surface area contributed by atoms with Crippen LogP contribution in [-0.4, -0.2) is 26.0 Å². The van der Waals surface area contributed by atoms with Crippen molar-refractivity contribution in [2.24, 2.45) is 0 Å². The fraction of sp³-hybridized carbons (Fsp3) is 0.0833. The van der Waals surface area contributed by atoms with Crippen molar-refractivity contribution in [3.63, 3.8) is 0 Å². The number of nitro benzene ring substituents is 1. The third-order valence-electron chi connectivity index (χ3n) is 2.38. The Balaban J connectivity index is 2.41. The van der Waals surface area contributed by atoms with E-state index in [0.29, 0.717) is 10.1 Å². The summed E-state index contributed by atoms with van der Waals surface area (Å²) in [5.74, 6) is -1.21. The minimum Gasteiger partial charge on any atom is -0.478 e. The van der Waals surface area contributed by atoms with Gasteiger partial charge in [-0.1, -0.05) is 0 Å². The van der Waals surface area contributed by atoms with Crippen LogP contribution in [0.4, 0.5) is 5.69 Å². The first-order valence-corrected chi connectivity index (χ1v) is 6.28. The lowest BCUT2D eigenvalue weighted by molar-refractivity contribution is -0.387. The number of nitro groups is 1. The Hall–Kier alpha value is -2.48. The average molecular weight is 291 g/mol. The number of carbonyl (C=O) groups is 1. The normalized spacial score (nSPS) is 10.2. The highest BCUT2D eigenvalue weighted by molar-refractivity contribution is 7.99. The summed E-state index contributed by atoms with van der Waals surface area (Å²) in [6.45, 7) is 1.79. The standard InChI is InChI=1S/C12H9N3O4S/c1-7-4-5-13-12(14-7)20-10-3-2-8(11(16)17)6-9(10)15(18)19/h2-6H,1H3,(H,16,17). The van der Waals surface area contributed by atoms with Crippen LogP contribution in [-0.2, 0) is 0 Å². The average Bonchev–Trinajstić information content (AvgIpc) is 2.38. The molecule has 2 rings (SSSR count). The molecule has 0 saturated heterocycles. The van der Waals surface area contributed by atoms with Gasteiger partial charge in [0.05, 0.1) is 15.4 Å². The second-order valence-corrected chi connectivity index (χ2v) is 4.84. The Morgan fingerprint density at radius 1 is 1.40 bits per heavy atom. The molecular weight excluding hydrogens is 282 g/mol. The minimum absolute atomic E-state index is 0.133. The van der Waals surface area contributed by atoms with Crippen molar-refractivity contribution in [2.45, 2.75) is 17.0 Å². The first-order chi connectivity index (χ1) is 9.47. The minimum atomic E-state index is -1.21. The Labute approximate surface area is 117 Å². The van der Waals surface area contributed by atoms with Crippen LogP contribution in [0.3, 0.4) is 0 Å². The van der Waals surface area contributed by atoms with E-state index in [2.05, 4.69) is 9.97 Å². The van der Waals surface area contributed by atoms with Gasteiger partial charge >= 0.3 is 5.97 Å². The van der Waals surface area contributed by atoms with Gasteiger partial charge in [0.1, 0.15) is 0 Å². The van der Waals surface area contributed by atoms with Gasteiger partial charge in [-0.15, -0.1) is 0 Å². The summed E-state index contributed by atoms with van der Waals surface area (Å²) >= 11 is 1.02. The molecule has 0 unspecified atom stereocenters. The molecule has 7 nitrogen and oxygen atoms in total. The number of carboxylic acid groups (broad SMARTS) is 1. The zero-order valence-corrected chi connectivity index (χ0v) is 11.1. The Morgan fingerprint density at radius 2 is 2.15 bits per heavy atom. The number of nitrogens with zero attached hydrogens (tertiary/aromatic N) is 3. The summed E-state index contributed by atoms with van der Waals surface area (Å²) < 4.78 is 0. The fourth-order valence-electron chi connectivity index (χ4n) is 1.45. The molecule has 0 aliphatic heterocycles. The maximum absolute atomic E-state index is 11.0. The number of aromatic carboxylic acids is 1. The molecule has 1 N–H and O–H groups in total. The summed E-state index contributed by atoms with van der Waals surface area (Å²) in [5.41, 5.74) is 0.332. The Morgan fingerprint density at radius 3 is 2.75 bits per heavy atom. The first kappa shape index (κ1) is 13.9. The second kappa shape index (κ2) is 5.66. The van der Waals surface area contributed by atoms with Gasteiger partial charge in [-0.3, -0.25) is 10.1 Å². The number of carboxylic acids is 1. The highest BCUT2D eigenvalue weighted by Crippen LogP contribution is 2.33. The van der Waals surface area contributed by atoms with Crippen LogP contribution in [0.15, 0.2) is 40.5 Å². The molecule has 0 radical (unpaired) electrons. The molecule has 8 heteroatoms. The number of aryl methyl sites for hydroxylation is 1. The third-order valence-corrected chi connectivity index (χ3v) is 3.32. The van der Waals surface area contributed by atoms with Crippen LogP contribution in [0.1, 0.15) is 16.1 Å². The monoisotopic (exact) mass is 291 g/mol. The molecule has 1 aromatic heterocycles. The molecule has 0 aliphatic rings. The van der Waals surface area contributed by atoms with Gasteiger partial charge in [0.25, 0.3) is 5.69 Å². The van der Waals surface area contributed by atoms with Gasteiger partial charge in [0.2, 0.25) is 0 Å². The van der Waals surface area contributed by atoms with Crippen molar-refractivity contribution in [1.29, 1.82) is 0 Å². The van der Waals surface area contributed by atoms with Crippen LogP contribution in [0.5, 0.6) is 0 Å². The third kappa shape index (κ3) is 3.09. The van der Waals surface area contributed by atoms with Crippen LogP contribution in [0.25, 0.3) is 0 Å². The molecule has 0 saturated carbocycles. The van der Waals surface area contributed by atoms with Gasteiger partial charge < -0.3 is 5.11 Å². The molecule has 2 aromatic rings. The van der Waals surface area contributed by atoms with E-state index in [0.717, 1.165) is 23.5 Å². The molecular formula is C12H9N3O4S. The predicted octanol–water partition coefficient (Wildman–Crippen LogP) is 2.54. The highest BCUT2D eigenvalue weighted by Gasteiger charge is 2.19. The van der Waals surface area contributed by atoms with Crippen LogP contribution >= 0.6 is 11.8 Å². The Kier molecular flexibility index (Phi) is 3.94. The van der Waals surface area contributed by atoms with E-state index in [9.17, 15) is 14.9 Å². The van der Waals surface area contributed by atoms with Crippen molar-refractivity contribution >= 4 is 23.4 Å². The van der Waals surface area contributed by atoms with Gasteiger partial charge in [0, 0.05) is 18.0 Å². The molecule has 0 atom stereocenters. The van der Waals surface area contributed by atoms with E-state index in [1.54, 1.807) is 19.2 Å². The maximum atomic E-state index is 11.0. The number of benzene rings is 1. The van der Waals surface area contributed by atoms with Gasteiger partial charge in [-0.05, 0) is 36.9 Å². The number of hydrogen-bond donors (Lipinski definition) is 1. The van der Waals surface area contributed by atoms with Crippen LogP contribution in [0.2, 0.25) is 0 Å². The van der Waals surface area contributed by atoms with Gasteiger partial charge in [-0.2, -0.15) is 0 Å². The van der Waals surface area contributed by atoms with E-state index in [1.807, 2.05) is 0 Å². The second-order valence-electron chi connectivity index (χ2n) is 3.83. The summed E-state index contributed by atoms with van der Waals surface area (Å²) in [7, 11) is 0. The topological polar surface area (TPSA) is 106 Å². The molecule has 20 heavy (non-hydrogen) atoms. The molecule has 0 fully saturated rings. The van der Waals surface area contributed by atoms with Crippen molar-refractivity contribution in [1.82, 2.24) is 9.97 Å². The quantitative estimate of drug-likeness (QED) is 0.524. The number of aromatic nitrogens is 2. The highest BCUT2D eigenvalue weighted by atomic mass is 32.2. The molecule has 0 spiro atoms. The van der Waals surface area contributed by atoms with Crippen molar-refractivity contribution < 1.29 is 14.8 Å².